The summed E-state index contributed by atoms with van der Waals surface area (Å²) in [6.07, 6.45) is 4.14. The van der Waals surface area contributed by atoms with Crippen molar-refractivity contribution in [2.24, 2.45) is 5.41 Å². The number of hydrogen-bond donors (Lipinski definition) is 0. The number of hydrogen-bond acceptors (Lipinski definition) is 1. The van der Waals surface area contributed by atoms with Crippen molar-refractivity contribution in [2.75, 3.05) is 11.8 Å². The van der Waals surface area contributed by atoms with Gasteiger partial charge >= 0.3 is 0 Å². The largest absolute Gasteiger partial charge is 0.263 e. The van der Waals surface area contributed by atoms with E-state index in [0.717, 1.165) is 12.0 Å². The van der Waals surface area contributed by atoms with Crippen LogP contribution in [0.2, 0.25) is 5.02 Å². The molecule has 0 aliphatic rings. The molecule has 0 atom stereocenters. The van der Waals surface area contributed by atoms with Crippen LogP contribution < -0.4 is 0 Å². The zero-order valence-corrected chi connectivity index (χ0v) is 10.2. The van der Waals surface area contributed by atoms with E-state index in [1.165, 1.54) is 0 Å². The van der Waals surface area contributed by atoms with E-state index in [0.29, 0.717) is 16.8 Å². The van der Waals surface area contributed by atoms with Crippen LogP contribution in [0.25, 0.3) is 0 Å². The van der Waals surface area contributed by atoms with Gasteiger partial charge < -0.3 is 0 Å². The van der Waals surface area contributed by atoms with E-state index < -0.39 is 0 Å². The van der Waals surface area contributed by atoms with Gasteiger partial charge in [0, 0.05) is 24.2 Å². The molecule has 0 saturated carbocycles. The third-order valence-electron chi connectivity index (χ3n) is 2.12. The molecule has 14 heavy (non-hydrogen) atoms. The molecule has 1 rings (SSSR count). The van der Waals surface area contributed by atoms with E-state index in [9.17, 15) is 0 Å². The zero-order valence-electron chi connectivity index (χ0n) is 7.93. The van der Waals surface area contributed by atoms with E-state index in [-0.39, 0.29) is 5.41 Å². The Hall–Kier alpha value is 0.0200. The lowest BCUT2D eigenvalue weighted by atomic mass is 9.88. The molecule has 1 aromatic heterocycles. The second kappa shape index (κ2) is 5.20. The summed E-state index contributed by atoms with van der Waals surface area (Å²) in [6, 6.07) is 1.90. The Bertz CT molecular complexity index is 297. The van der Waals surface area contributed by atoms with Crippen LogP contribution in [0.5, 0.6) is 0 Å². The van der Waals surface area contributed by atoms with Crippen molar-refractivity contribution in [3.63, 3.8) is 0 Å². The quantitative estimate of drug-likeness (QED) is 0.744. The van der Waals surface area contributed by atoms with E-state index in [1.54, 1.807) is 12.4 Å². The highest BCUT2D eigenvalue weighted by Crippen LogP contribution is 2.28. The standard InChI is InChI=1S/C10H12Cl3N/c1-10(6-11,7-12)4-8-2-3-14-5-9(8)13/h2-3,5H,4,6-7H2,1H3. The molecule has 4 heteroatoms. The van der Waals surface area contributed by atoms with Crippen molar-refractivity contribution in [3.05, 3.63) is 29.0 Å². The topological polar surface area (TPSA) is 12.9 Å². The minimum atomic E-state index is -0.103. The molecule has 0 N–H and O–H groups in total. The number of pyridine rings is 1. The third kappa shape index (κ3) is 3.01. The molecule has 1 nitrogen and oxygen atoms in total. The molecule has 0 unspecified atom stereocenters. The van der Waals surface area contributed by atoms with Crippen LogP contribution in [0.4, 0.5) is 0 Å². The molecule has 0 aliphatic carbocycles. The number of nitrogens with zero attached hydrogens (tertiary/aromatic N) is 1. The summed E-state index contributed by atoms with van der Waals surface area (Å²) in [5.41, 5.74) is 0.944. The van der Waals surface area contributed by atoms with Gasteiger partial charge in [0.25, 0.3) is 0 Å². The van der Waals surface area contributed by atoms with Gasteiger partial charge in [0.2, 0.25) is 0 Å². The van der Waals surface area contributed by atoms with Crippen LogP contribution in [0.3, 0.4) is 0 Å². The molecule has 1 aromatic rings. The smallest absolute Gasteiger partial charge is 0.0621 e. The molecule has 0 saturated heterocycles. The fourth-order valence-corrected chi connectivity index (χ4v) is 1.80. The van der Waals surface area contributed by atoms with Crippen LogP contribution in [0.15, 0.2) is 18.5 Å². The molecule has 1 heterocycles. The summed E-state index contributed by atoms with van der Waals surface area (Å²) in [7, 11) is 0. The maximum atomic E-state index is 6.00. The first kappa shape index (κ1) is 12.1. The SMILES string of the molecule is CC(CCl)(CCl)Cc1ccncc1Cl. The van der Waals surface area contributed by atoms with Crippen molar-refractivity contribution < 1.29 is 0 Å². The maximum absolute atomic E-state index is 6.00. The minimum absolute atomic E-state index is 0.103. The highest BCUT2D eigenvalue weighted by molar-refractivity contribution is 6.31. The summed E-state index contributed by atoms with van der Waals surface area (Å²) in [4.78, 5) is 3.93. The Labute approximate surface area is 99.4 Å². The van der Waals surface area contributed by atoms with Gasteiger partial charge in [0.1, 0.15) is 0 Å². The fraction of sp³-hybridized carbons (Fsp3) is 0.500. The molecule has 0 spiro atoms. The van der Waals surface area contributed by atoms with Crippen molar-refractivity contribution >= 4 is 34.8 Å². The Morgan fingerprint density at radius 2 is 2.00 bits per heavy atom. The maximum Gasteiger partial charge on any atom is 0.0621 e. The van der Waals surface area contributed by atoms with Crippen LogP contribution in [0.1, 0.15) is 12.5 Å². The number of aromatic nitrogens is 1. The molecule has 78 valence electrons. The summed E-state index contributed by atoms with van der Waals surface area (Å²) >= 11 is 17.7. The minimum Gasteiger partial charge on any atom is -0.263 e. The van der Waals surface area contributed by atoms with Crippen LogP contribution in [-0.4, -0.2) is 16.7 Å². The van der Waals surface area contributed by atoms with Gasteiger partial charge in [-0.25, -0.2) is 0 Å². The predicted molar refractivity (Wildman–Crippen MR) is 62.5 cm³/mol. The third-order valence-corrected chi connectivity index (χ3v) is 3.75. The lowest BCUT2D eigenvalue weighted by Gasteiger charge is -2.24. The van der Waals surface area contributed by atoms with Gasteiger partial charge in [0.05, 0.1) is 5.02 Å². The van der Waals surface area contributed by atoms with Crippen molar-refractivity contribution in [2.45, 2.75) is 13.3 Å². The number of halogens is 3. The van der Waals surface area contributed by atoms with E-state index in [2.05, 4.69) is 4.98 Å². The molecular weight excluding hydrogens is 240 g/mol. The van der Waals surface area contributed by atoms with E-state index in [1.807, 2.05) is 13.0 Å². The molecule has 0 amide bonds. The highest BCUT2D eigenvalue weighted by atomic mass is 35.5. The highest BCUT2D eigenvalue weighted by Gasteiger charge is 2.23. The van der Waals surface area contributed by atoms with Gasteiger partial charge in [-0.2, -0.15) is 0 Å². The number of alkyl halides is 2. The van der Waals surface area contributed by atoms with E-state index in [4.69, 9.17) is 34.8 Å². The average Bonchev–Trinajstić information content (AvgIpc) is 2.21. The average molecular weight is 253 g/mol. The molecule has 0 aromatic carbocycles. The van der Waals surface area contributed by atoms with Crippen LogP contribution in [0, 0.1) is 5.41 Å². The van der Waals surface area contributed by atoms with Crippen molar-refractivity contribution in [1.82, 2.24) is 4.98 Å². The molecule has 0 fully saturated rings. The summed E-state index contributed by atoms with van der Waals surface area (Å²) in [5.74, 6) is 1.05. The molecule has 0 bridgehead atoms. The summed E-state index contributed by atoms with van der Waals surface area (Å²) in [5, 5.41) is 0.675. The Balaban J connectivity index is 2.82. The first-order chi connectivity index (χ1) is 6.61. The first-order valence-electron chi connectivity index (χ1n) is 4.31. The van der Waals surface area contributed by atoms with Gasteiger partial charge in [-0.1, -0.05) is 18.5 Å². The van der Waals surface area contributed by atoms with Crippen molar-refractivity contribution in [3.8, 4) is 0 Å². The number of rotatable bonds is 4. The second-order valence-corrected chi connectivity index (χ2v) is 4.66. The van der Waals surface area contributed by atoms with Gasteiger partial charge in [-0.3, -0.25) is 4.98 Å². The Kier molecular flexibility index (Phi) is 4.49. The fourth-order valence-electron chi connectivity index (χ4n) is 1.14. The normalized spacial score (nSPS) is 11.7. The zero-order chi connectivity index (χ0) is 10.6. The predicted octanol–water partition coefficient (Wildman–Crippen LogP) is 3.76. The first-order valence-corrected chi connectivity index (χ1v) is 5.76. The molecule has 0 radical (unpaired) electrons. The van der Waals surface area contributed by atoms with Gasteiger partial charge in [-0.05, 0) is 23.5 Å². The van der Waals surface area contributed by atoms with Gasteiger partial charge in [0.15, 0.2) is 0 Å². The van der Waals surface area contributed by atoms with E-state index >= 15 is 0 Å². The summed E-state index contributed by atoms with van der Waals surface area (Å²) in [6.45, 7) is 2.05. The molecule has 0 aliphatic heterocycles. The lowest BCUT2D eigenvalue weighted by Crippen LogP contribution is -2.23. The van der Waals surface area contributed by atoms with Crippen LogP contribution >= 0.6 is 34.8 Å². The second-order valence-electron chi connectivity index (χ2n) is 3.72. The van der Waals surface area contributed by atoms with Crippen molar-refractivity contribution in [1.29, 1.82) is 0 Å². The van der Waals surface area contributed by atoms with Crippen LogP contribution in [-0.2, 0) is 6.42 Å². The molecular formula is C10H12Cl3N. The Morgan fingerprint density at radius 1 is 1.36 bits per heavy atom. The van der Waals surface area contributed by atoms with Gasteiger partial charge in [-0.15, -0.1) is 23.2 Å². The summed E-state index contributed by atoms with van der Waals surface area (Å²) < 4.78 is 0. The Morgan fingerprint density at radius 3 is 2.50 bits per heavy atom. The lowest BCUT2D eigenvalue weighted by molar-refractivity contribution is 0.425. The monoisotopic (exact) mass is 251 g/mol.